The first-order chi connectivity index (χ1) is 15.9. The lowest BCUT2D eigenvalue weighted by atomic mass is 9.95. The number of aromatic amines is 1. The first kappa shape index (κ1) is 21.3. The number of halogens is 2. The highest BCUT2D eigenvalue weighted by Gasteiger charge is 2.25. The molecule has 1 aliphatic heterocycles. The lowest BCUT2D eigenvalue weighted by Gasteiger charge is -2.35. The first-order valence-electron chi connectivity index (χ1n) is 10.6. The van der Waals surface area contributed by atoms with E-state index in [2.05, 4.69) is 31.6 Å². The summed E-state index contributed by atoms with van der Waals surface area (Å²) in [5.74, 6) is 0.294. The fourth-order valence-corrected chi connectivity index (χ4v) is 4.93. The minimum Gasteiger partial charge on any atom is -0.352 e. The van der Waals surface area contributed by atoms with Gasteiger partial charge in [-0.25, -0.2) is 14.4 Å². The summed E-state index contributed by atoms with van der Waals surface area (Å²) in [5, 5.41) is 9.24. The number of aromatic nitrogens is 4. The number of carbonyl (C=O) groups is 1. The number of nitrogens with one attached hydrogen (secondary N) is 1. The molecule has 0 bridgehead atoms. The monoisotopic (exact) mass is 464 g/mol. The largest absolute Gasteiger partial charge is 0.352 e. The molecule has 168 valence electrons. The van der Waals surface area contributed by atoms with Crippen LogP contribution in [0.4, 0.5) is 10.2 Å². The second-order valence-corrected chi connectivity index (χ2v) is 8.53. The topological polar surface area (TPSA) is 78.0 Å². The Labute approximate surface area is 194 Å². The van der Waals surface area contributed by atoms with Crippen LogP contribution in [0.25, 0.3) is 32.9 Å². The predicted octanol–water partition coefficient (Wildman–Crippen LogP) is 4.42. The van der Waals surface area contributed by atoms with Gasteiger partial charge in [-0.05, 0) is 43.7 Å². The Hall–Kier alpha value is -3.52. The first-order valence-corrected chi connectivity index (χ1v) is 11.0. The highest BCUT2D eigenvalue weighted by Crippen LogP contribution is 2.41. The number of hydrogen-bond acceptors (Lipinski definition) is 5. The Morgan fingerprint density at radius 3 is 2.64 bits per heavy atom. The van der Waals surface area contributed by atoms with E-state index in [0.29, 0.717) is 53.4 Å². The SMILES string of the molecule is C=CC(=O)N1CCN(c2ncnc3c(C)c(-c4c(F)ccc5c(C)n[nH]c45)c(Cl)cc23)CC1. The van der Waals surface area contributed by atoms with Gasteiger partial charge in [0.15, 0.2) is 0 Å². The number of hydrogen-bond donors (Lipinski definition) is 1. The van der Waals surface area contributed by atoms with E-state index >= 15 is 4.39 Å². The molecule has 1 N–H and O–H groups in total. The molecule has 0 atom stereocenters. The molecule has 0 aliphatic carbocycles. The molecular formula is C24H22ClFN6O. The summed E-state index contributed by atoms with van der Waals surface area (Å²) < 4.78 is 15.1. The van der Waals surface area contributed by atoms with Crippen LogP contribution >= 0.6 is 11.6 Å². The zero-order valence-corrected chi connectivity index (χ0v) is 19.1. The van der Waals surface area contributed by atoms with E-state index in [9.17, 15) is 4.79 Å². The van der Waals surface area contributed by atoms with Crippen LogP contribution in [0.3, 0.4) is 0 Å². The maximum atomic E-state index is 15.1. The van der Waals surface area contributed by atoms with Gasteiger partial charge >= 0.3 is 0 Å². The number of aryl methyl sites for hydroxylation is 2. The van der Waals surface area contributed by atoms with Gasteiger partial charge in [-0.2, -0.15) is 5.10 Å². The van der Waals surface area contributed by atoms with Crippen molar-refractivity contribution in [2.45, 2.75) is 13.8 Å². The molecule has 4 aromatic rings. The van der Waals surface area contributed by atoms with Crippen molar-refractivity contribution >= 4 is 45.1 Å². The fraction of sp³-hybridized carbons (Fsp3) is 0.250. The van der Waals surface area contributed by atoms with Crippen molar-refractivity contribution in [3.05, 3.63) is 59.3 Å². The average Bonchev–Trinajstić information content (AvgIpc) is 3.20. The van der Waals surface area contributed by atoms with Crippen molar-refractivity contribution in [2.24, 2.45) is 0 Å². The Morgan fingerprint density at radius 2 is 1.91 bits per heavy atom. The van der Waals surface area contributed by atoms with Crippen LogP contribution in [-0.4, -0.2) is 57.2 Å². The molecule has 1 amide bonds. The quantitative estimate of drug-likeness (QED) is 0.454. The maximum Gasteiger partial charge on any atom is 0.246 e. The molecule has 5 rings (SSSR count). The third-order valence-corrected chi connectivity index (χ3v) is 6.60. The number of anilines is 1. The lowest BCUT2D eigenvalue weighted by molar-refractivity contribution is -0.126. The van der Waals surface area contributed by atoms with Crippen molar-refractivity contribution in [1.29, 1.82) is 0 Å². The zero-order valence-electron chi connectivity index (χ0n) is 18.3. The minimum atomic E-state index is -0.382. The van der Waals surface area contributed by atoms with Crippen LogP contribution in [0.5, 0.6) is 0 Å². The number of nitrogens with zero attached hydrogens (tertiary/aromatic N) is 5. The normalized spacial score (nSPS) is 14.3. The molecule has 2 aromatic carbocycles. The van der Waals surface area contributed by atoms with Crippen LogP contribution in [0.2, 0.25) is 5.02 Å². The number of benzene rings is 2. The summed E-state index contributed by atoms with van der Waals surface area (Å²) in [6, 6.07) is 4.96. The predicted molar refractivity (Wildman–Crippen MR) is 128 cm³/mol. The van der Waals surface area contributed by atoms with E-state index in [1.807, 2.05) is 13.8 Å². The molecule has 1 saturated heterocycles. The molecular weight excluding hydrogens is 443 g/mol. The number of amides is 1. The van der Waals surface area contributed by atoms with Gasteiger partial charge in [0, 0.05) is 53.1 Å². The molecule has 7 nitrogen and oxygen atoms in total. The van der Waals surface area contributed by atoms with Gasteiger partial charge in [0.05, 0.1) is 16.7 Å². The van der Waals surface area contributed by atoms with Gasteiger partial charge in [-0.3, -0.25) is 9.89 Å². The summed E-state index contributed by atoms with van der Waals surface area (Å²) in [6.07, 6.45) is 2.85. The molecule has 0 unspecified atom stereocenters. The van der Waals surface area contributed by atoms with Crippen LogP contribution < -0.4 is 4.90 Å². The van der Waals surface area contributed by atoms with E-state index < -0.39 is 0 Å². The van der Waals surface area contributed by atoms with Crippen molar-refractivity contribution in [2.75, 3.05) is 31.1 Å². The van der Waals surface area contributed by atoms with Crippen LogP contribution in [0.15, 0.2) is 37.2 Å². The third-order valence-electron chi connectivity index (χ3n) is 6.30. The van der Waals surface area contributed by atoms with Gasteiger partial charge in [0.25, 0.3) is 0 Å². The van der Waals surface area contributed by atoms with Gasteiger partial charge in [-0.15, -0.1) is 0 Å². The van der Waals surface area contributed by atoms with Crippen molar-refractivity contribution in [3.63, 3.8) is 0 Å². The molecule has 0 saturated carbocycles. The van der Waals surface area contributed by atoms with Crippen LogP contribution in [0, 0.1) is 19.7 Å². The van der Waals surface area contributed by atoms with Gasteiger partial charge in [0.2, 0.25) is 5.91 Å². The van der Waals surface area contributed by atoms with Gasteiger partial charge in [-0.1, -0.05) is 18.2 Å². The number of carbonyl (C=O) groups excluding carboxylic acids is 1. The summed E-state index contributed by atoms with van der Waals surface area (Å²) >= 11 is 6.78. The molecule has 2 aromatic heterocycles. The van der Waals surface area contributed by atoms with Gasteiger partial charge in [0.1, 0.15) is 18.0 Å². The molecule has 3 heterocycles. The van der Waals surface area contributed by atoms with E-state index in [-0.39, 0.29) is 11.7 Å². The number of piperazine rings is 1. The number of H-pyrrole nitrogens is 1. The molecule has 1 fully saturated rings. The third kappa shape index (κ3) is 3.41. The average molecular weight is 465 g/mol. The van der Waals surface area contributed by atoms with Crippen LogP contribution in [-0.2, 0) is 4.79 Å². The molecule has 9 heteroatoms. The van der Waals surface area contributed by atoms with E-state index in [4.69, 9.17) is 11.6 Å². The zero-order chi connectivity index (χ0) is 23.3. The Balaban J connectivity index is 1.63. The number of rotatable bonds is 3. The Bertz CT molecular complexity index is 1420. The minimum absolute atomic E-state index is 0.0732. The summed E-state index contributed by atoms with van der Waals surface area (Å²) in [4.78, 5) is 24.8. The van der Waals surface area contributed by atoms with Crippen molar-refractivity contribution in [3.8, 4) is 11.1 Å². The summed E-state index contributed by atoms with van der Waals surface area (Å²) in [7, 11) is 0. The van der Waals surface area contributed by atoms with Crippen molar-refractivity contribution in [1.82, 2.24) is 25.1 Å². The highest BCUT2D eigenvalue weighted by atomic mass is 35.5. The number of fused-ring (bicyclic) bond motifs is 2. The van der Waals surface area contributed by atoms with E-state index in [1.54, 1.807) is 17.0 Å². The maximum absolute atomic E-state index is 15.1. The van der Waals surface area contributed by atoms with Crippen LogP contribution in [0.1, 0.15) is 11.3 Å². The Morgan fingerprint density at radius 1 is 1.15 bits per heavy atom. The molecule has 0 radical (unpaired) electrons. The van der Waals surface area contributed by atoms with E-state index in [1.165, 1.54) is 18.5 Å². The summed E-state index contributed by atoms with van der Waals surface area (Å²) in [5.41, 5.74) is 3.83. The molecule has 0 spiro atoms. The lowest BCUT2D eigenvalue weighted by Crippen LogP contribution is -2.48. The Kier molecular flexibility index (Phi) is 5.25. The second kappa shape index (κ2) is 8.12. The van der Waals surface area contributed by atoms with E-state index in [0.717, 1.165) is 27.8 Å². The molecule has 33 heavy (non-hydrogen) atoms. The standard InChI is InChI=1S/C24H22ClFN6O/c1-4-19(33)31-7-9-32(10-8-31)24-16-11-17(25)20(13(2)22(16)27-12-28-24)21-18(26)6-5-15-14(3)29-30-23(15)21/h4-6,11-12H,1,7-10H2,2-3H3,(H,29,30). The summed E-state index contributed by atoms with van der Waals surface area (Å²) in [6.45, 7) is 9.74. The highest BCUT2D eigenvalue weighted by molar-refractivity contribution is 6.35. The van der Waals surface area contributed by atoms with Crippen molar-refractivity contribution < 1.29 is 9.18 Å². The second-order valence-electron chi connectivity index (χ2n) is 8.12. The molecule has 1 aliphatic rings. The fourth-order valence-electron chi connectivity index (χ4n) is 4.58. The van der Waals surface area contributed by atoms with Gasteiger partial charge < -0.3 is 9.80 Å². The smallest absolute Gasteiger partial charge is 0.246 e.